The van der Waals surface area contributed by atoms with Crippen LogP contribution in [0.4, 0.5) is 4.79 Å². The molecule has 2 aliphatic rings. The molecule has 0 aromatic heterocycles. The molecule has 0 bridgehead atoms. The van der Waals surface area contributed by atoms with Gasteiger partial charge in [-0.25, -0.2) is 4.79 Å². The molecule has 0 saturated carbocycles. The van der Waals surface area contributed by atoms with E-state index in [-0.39, 0.29) is 37.7 Å². The Labute approximate surface area is 215 Å². The first-order chi connectivity index (χ1) is 16.9. The summed E-state index contributed by atoms with van der Waals surface area (Å²) in [6.45, 7) is 9.82. The third-order valence-corrected chi connectivity index (χ3v) is 6.85. The van der Waals surface area contributed by atoms with Gasteiger partial charge in [0.05, 0.1) is 12.5 Å². The number of carbonyl (C=O) groups is 2. The van der Waals surface area contributed by atoms with Gasteiger partial charge in [-0.1, -0.05) is 38.2 Å². The zero-order valence-corrected chi connectivity index (χ0v) is 22.3. The van der Waals surface area contributed by atoms with Crippen molar-refractivity contribution < 1.29 is 34.4 Å². The molecule has 0 aliphatic carbocycles. The van der Waals surface area contributed by atoms with Crippen molar-refractivity contribution in [2.75, 3.05) is 39.8 Å². The normalized spacial score (nSPS) is 33.4. The topological polar surface area (TPSA) is 120 Å². The van der Waals surface area contributed by atoms with E-state index in [1.807, 2.05) is 46.0 Å². The largest absolute Gasteiger partial charge is 0.457 e. The number of hydrogen-bond acceptors (Lipinski definition) is 8. The van der Waals surface area contributed by atoms with Crippen LogP contribution in [0.15, 0.2) is 36.0 Å². The molecule has 1 saturated heterocycles. The molecule has 2 heterocycles. The van der Waals surface area contributed by atoms with Crippen LogP contribution in [0.1, 0.15) is 47.0 Å². The SMILES string of the molecule is C/C(=C\C=C\[C@@H](C)CO)[C@H]1OC(=O)C[C@@H](O)CC[C@](C)(O)[C@H](OC(=O)N2CCN(C)CC2)/C=C/[C@@H]1C. The third-order valence-electron chi connectivity index (χ3n) is 6.85. The maximum atomic E-state index is 12.9. The molecule has 2 aliphatic heterocycles. The van der Waals surface area contributed by atoms with Gasteiger partial charge in [0.2, 0.25) is 0 Å². The quantitative estimate of drug-likeness (QED) is 0.294. The van der Waals surface area contributed by atoms with Gasteiger partial charge in [0.15, 0.2) is 6.10 Å². The van der Waals surface area contributed by atoms with E-state index in [9.17, 15) is 24.9 Å². The van der Waals surface area contributed by atoms with E-state index in [2.05, 4.69) is 4.90 Å². The Kier molecular flexibility index (Phi) is 11.6. The summed E-state index contributed by atoms with van der Waals surface area (Å²) in [5.74, 6) is -0.823. The molecule has 2 rings (SSSR count). The standard InChI is InChI=1S/C27H44N2O7/c1-19(18-30)7-6-8-20(2)25-21(3)9-10-23(35-26(33)29-15-13-28(5)14-16-29)27(4,34)12-11-22(31)17-24(32)36-25/h6-10,19,21-23,25,30-31,34H,11-18H2,1-5H3/b7-6+,10-9+,20-8+/t19-,21+,22+,23-,25-,27+/m1/s1. The Morgan fingerprint density at radius 1 is 1.31 bits per heavy atom. The van der Waals surface area contributed by atoms with Crippen LogP contribution in [0.2, 0.25) is 0 Å². The predicted octanol–water partition coefficient (Wildman–Crippen LogP) is 2.27. The Hall–Kier alpha value is -2.20. The van der Waals surface area contributed by atoms with Crippen LogP contribution in [0.3, 0.4) is 0 Å². The summed E-state index contributed by atoms with van der Waals surface area (Å²) in [6, 6.07) is 0. The number of allylic oxidation sites excluding steroid dienone is 2. The van der Waals surface area contributed by atoms with Gasteiger partial charge in [-0.3, -0.25) is 4.79 Å². The van der Waals surface area contributed by atoms with E-state index < -0.39 is 36.0 Å². The number of nitrogens with zero attached hydrogens (tertiary/aromatic N) is 2. The number of ether oxygens (including phenoxy) is 2. The van der Waals surface area contributed by atoms with E-state index in [0.717, 1.165) is 18.7 Å². The Morgan fingerprint density at radius 3 is 2.61 bits per heavy atom. The lowest BCUT2D eigenvalue weighted by Gasteiger charge is -2.36. The first-order valence-electron chi connectivity index (χ1n) is 12.8. The first-order valence-corrected chi connectivity index (χ1v) is 12.8. The second-order valence-electron chi connectivity index (χ2n) is 10.5. The maximum absolute atomic E-state index is 12.9. The summed E-state index contributed by atoms with van der Waals surface area (Å²) < 4.78 is 11.5. The summed E-state index contributed by atoms with van der Waals surface area (Å²) in [6.07, 6.45) is 6.01. The van der Waals surface area contributed by atoms with E-state index >= 15 is 0 Å². The summed E-state index contributed by atoms with van der Waals surface area (Å²) >= 11 is 0. The Balaban J connectivity index is 2.29. The molecule has 3 N–H and O–H groups in total. The van der Waals surface area contributed by atoms with Crippen LogP contribution in [0.25, 0.3) is 0 Å². The number of carbonyl (C=O) groups excluding carboxylic acids is 2. The van der Waals surface area contributed by atoms with Gasteiger partial charge in [-0.15, -0.1) is 0 Å². The number of aliphatic hydroxyl groups excluding tert-OH is 2. The van der Waals surface area contributed by atoms with Crippen LogP contribution < -0.4 is 0 Å². The van der Waals surface area contributed by atoms with Gasteiger partial charge in [-0.05, 0) is 51.3 Å². The van der Waals surface area contributed by atoms with Gasteiger partial charge < -0.3 is 34.6 Å². The number of amides is 1. The second kappa shape index (κ2) is 13.9. The summed E-state index contributed by atoms with van der Waals surface area (Å²) in [5, 5.41) is 30.8. The average Bonchev–Trinajstić information content (AvgIpc) is 2.83. The minimum Gasteiger partial charge on any atom is -0.457 e. The van der Waals surface area contributed by atoms with Gasteiger partial charge in [-0.2, -0.15) is 0 Å². The van der Waals surface area contributed by atoms with Crippen molar-refractivity contribution in [3.8, 4) is 0 Å². The van der Waals surface area contributed by atoms with Crippen LogP contribution in [-0.2, 0) is 14.3 Å². The van der Waals surface area contributed by atoms with Gasteiger partial charge in [0.1, 0.15) is 11.7 Å². The van der Waals surface area contributed by atoms with Crippen LogP contribution in [0.5, 0.6) is 0 Å². The van der Waals surface area contributed by atoms with Crippen molar-refractivity contribution in [2.24, 2.45) is 11.8 Å². The number of hydrogen-bond donors (Lipinski definition) is 3. The molecular weight excluding hydrogens is 464 g/mol. The third kappa shape index (κ3) is 9.35. The van der Waals surface area contributed by atoms with E-state index in [1.165, 1.54) is 0 Å². The van der Waals surface area contributed by atoms with Crippen LogP contribution in [-0.4, -0.2) is 101 Å². The van der Waals surface area contributed by atoms with Crippen LogP contribution >= 0.6 is 0 Å². The molecule has 6 atom stereocenters. The molecule has 1 amide bonds. The maximum Gasteiger partial charge on any atom is 0.410 e. The fourth-order valence-electron chi connectivity index (χ4n) is 4.18. The number of aliphatic hydroxyl groups is 3. The van der Waals surface area contributed by atoms with Crippen molar-refractivity contribution in [2.45, 2.75) is 70.9 Å². The summed E-state index contributed by atoms with van der Waals surface area (Å²) in [5.41, 5.74) is -0.655. The molecule has 36 heavy (non-hydrogen) atoms. The fourth-order valence-corrected chi connectivity index (χ4v) is 4.18. The van der Waals surface area contributed by atoms with Gasteiger partial charge in [0.25, 0.3) is 0 Å². The zero-order chi connectivity index (χ0) is 26.9. The molecule has 1 fully saturated rings. The molecule has 9 nitrogen and oxygen atoms in total. The Bertz CT molecular complexity index is 815. The molecule has 9 heteroatoms. The molecule has 204 valence electrons. The number of esters is 1. The Morgan fingerprint density at radius 2 is 1.97 bits per heavy atom. The highest BCUT2D eigenvalue weighted by atomic mass is 16.6. The van der Waals surface area contributed by atoms with E-state index in [4.69, 9.17) is 9.47 Å². The summed E-state index contributed by atoms with van der Waals surface area (Å²) in [4.78, 5) is 29.2. The average molecular weight is 509 g/mol. The first kappa shape index (κ1) is 30.0. The van der Waals surface area contributed by atoms with Crippen molar-refractivity contribution in [3.63, 3.8) is 0 Å². The van der Waals surface area contributed by atoms with E-state index in [1.54, 1.807) is 24.0 Å². The highest BCUT2D eigenvalue weighted by Gasteiger charge is 2.36. The second-order valence-corrected chi connectivity index (χ2v) is 10.5. The lowest BCUT2D eigenvalue weighted by Crippen LogP contribution is -2.50. The number of cyclic esters (lactones) is 1. The number of piperazine rings is 1. The highest BCUT2D eigenvalue weighted by Crippen LogP contribution is 2.27. The molecule has 0 radical (unpaired) electrons. The monoisotopic (exact) mass is 508 g/mol. The van der Waals surface area contributed by atoms with Crippen molar-refractivity contribution >= 4 is 12.1 Å². The molecule has 0 aromatic rings. The number of rotatable bonds is 5. The van der Waals surface area contributed by atoms with Crippen LogP contribution in [0, 0.1) is 11.8 Å². The fraction of sp³-hybridized carbons (Fsp3) is 0.704. The predicted molar refractivity (Wildman–Crippen MR) is 137 cm³/mol. The molecule has 0 aromatic carbocycles. The molecule has 0 spiro atoms. The minimum absolute atomic E-state index is 0.00152. The summed E-state index contributed by atoms with van der Waals surface area (Å²) in [7, 11) is 2.00. The molecular formula is C27H44N2O7. The lowest BCUT2D eigenvalue weighted by atomic mass is 9.89. The van der Waals surface area contributed by atoms with E-state index in [0.29, 0.717) is 13.1 Å². The highest BCUT2D eigenvalue weighted by molar-refractivity contribution is 5.70. The minimum atomic E-state index is -1.44. The molecule has 0 unspecified atom stereocenters. The van der Waals surface area contributed by atoms with Gasteiger partial charge >= 0.3 is 12.1 Å². The lowest BCUT2D eigenvalue weighted by molar-refractivity contribution is -0.151. The van der Waals surface area contributed by atoms with Crippen molar-refractivity contribution in [1.82, 2.24) is 9.80 Å². The van der Waals surface area contributed by atoms with Crippen molar-refractivity contribution in [1.29, 1.82) is 0 Å². The van der Waals surface area contributed by atoms with Gasteiger partial charge in [0, 0.05) is 38.7 Å². The van der Waals surface area contributed by atoms with Crippen molar-refractivity contribution in [3.05, 3.63) is 36.0 Å². The smallest absolute Gasteiger partial charge is 0.410 e. The zero-order valence-electron chi connectivity index (χ0n) is 22.3. The number of likely N-dealkylation sites (N-methyl/N-ethyl adjacent to an activating group) is 1.